The van der Waals surface area contributed by atoms with Crippen molar-refractivity contribution in [1.29, 1.82) is 5.26 Å². The van der Waals surface area contributed by atoms with Crippen molar-refractivity contribution in [2.24, 2.45) is 0 Å². The lowest BCUT2D eigenvalue weighted by Crippen LogP contribution is -2.31. The number of sulfonamides is 1. The summed E-state index contributed by atoms with van der Waals surface area (Å²) < 4.78 is 31.9. The van der Waals surface area contributed by atoms with Crippen molar-refractivity contribution in [3.8, 4) is 11.8 Å². The first kappa shape index (κ1) is 19.7. The summed E-state index contributed by atoms with van der Waals surface area (Å²) in [6, 6.07) is 10.7. The molecule has 1 aromatic heterocycles. The number of hydrogen-bond acceptors (Lipinski definition) is 6. The van der Waals surface area contributed by atoms with Gasteiger partial charge in [0.15, 0.2) is 0 Å². The van der Waals surface area contributed by atoms with Crippen molar-refractivity contribution >= 4 is 10.0 Å². The van der Waals surface area contributed by atoms with Gasteiger partial charge in [0.25, 0.3) is 5.56 Å². The largest absolute Gasteiger partial charge is 0.491 e. The van der Waals surface area contributed by atoms with Crippen molar-refractivity contribution in [1.82, 2.24) is 8.87 Å². The summed E-state index contributed by atoms with van der Waals surface area (Å²) in [7, 11) is -0.892. The predicted molar refractivity (Wildman–Crippen MR) is 94.2 cm³/mol. The molecule has 1 aromatic carbocycles. The Kier molecular flexibility index (Phi) is 6.15. The van der Waals surface area contributed by atoms with Gasteiger partial charge in [-0.05, 0) is 30.3 Å². The van der Waals surface area contributed by atoms with Crippen LogP contribution < -0.4 is 10.3 Å². The monoisotopic (exact) mass is 377 g/mol. The second-order valence-corrected chi connectivity index (χ2v) is 7.90. The van der Waals surface area contributed by atoms with Crippen LogP contribution in [0.4, 0.5) is 0 Å². The third-order valence-corrected chi connectivity index (χ3v) is 5.37. The molecule has 0 radical (unpaired) electrons. The summed E-state index contributed by atoms with van der Waals surface area (Å²) in [6.45, 7) is -0.213. The Labute approximate surface area is 151 Å². The third-order valence-electron chi connectivity index (χ3n) is 3.57. The average molecular weight is 377 g/mol. The Balaban J connectivity index is 2.07. The number of nitriles is 1. The molecule has 0 saturated carbocycles. The van der Waals surface area contributed by atoms with Gasteiger partial charge in [-0.2, -0.15) is 5.26 Å². The lowest BCUT2D eigenvalue weighted by Gasteiger charge is -2.16. The molecule has 2 rings (SSSR count). The van der Waals surface area contributed by atoms with Gasteiger partial charge >= 0.3 is 0 Å². The van der Waals surface area contributed by atoms with E-state index in [1.807, 2.05) is 6.07 Å². The highest BCUT2D eigenvalue weighted by Gasteiger charge is 2.19. The quantitative estimate of drug-likeness (QED) is 0.748. The first-order valence-electron chi connectivity index (χ1n) is 7.68. The number of pyridine rings is 1. The van der Waals surface area contributed by atoms with Crippen LogP contribution in [-0.2, 0) is 16.6 Å². The molecule has 9 heteroatoms. The Morgan fingerprint density at radius 2 is 1.88 bits per heavy atom. The van der Waals surface area contributed by atoms with Crippen LogP contribution in [0.15, 0.2) is 52.3 Å². The maximum Gasteiger partial charge on any atom is 0.250 e. The third kappa shape index (κ3) is 4.70. The number of rotatable bonds is 7. The Morgan fingerprint density at radius 1 is 1.23 bits per heavy atom. The molecule has 0 spiro atoms. The fourth-order valence-corrected chi connectivity index (χ4v) is 3.04. The minimum atomic E-state index is -3.68. The van der Waals surface area contributed by atoms with E-state index in [1.54, 1.807) is 24.3 Å². The van der Waals surface area contributed by atoms with Gasteiger partial charge in [0, 0.05) is 26.4 Å². The van der Waals surface area contributed by atoms with E-state index in [0.29, 0.717) is 11.3 Å². The molecular formula is C17H19N3O5S. The molecular weight excluding hydrogens is 358 g/mol. The van der Waals surface area contributed by atoms with Gasteiger partial charge in [0.05, 0.1) is 23.1 Å². The number of aromatic nitrogens is 1. The van der Waals surface area contributed by atoms with Crippen LogP contribution in [0.25, 0.3) is 0 Å². The highest BCUT2D eigenvalue weighted by atomic mass is 32.2. The molecule has 0 bridgehead atoms. The van der Waals surface area contributed by atoms with Crippen LogP contribution in [0.3, 0.4) is 0 Å². The minimum Gasteiger partial charge on any atom is -0.491 e. The zero-order chi connectivity index (χ0) is 19.3. The highest BCUT2D eigenvalue weighted by Crippen LogP contribution is 2.13. The van der Waals surface area contributed by atoms with E-state index in [-0.39, 0.29) is 18.0 Å². The van der Waals surface area contributed by atoms with Gasteiger partial charge in [-0.25, -0.2) is 12.7 Å². The molecule has 2 aromatic rings. The molecule has 138 valence electrons. The van der Waals surface area contributed by atoms with Crippen molar-refractivity contribution in [3.05, 3.63) is 58.5 Å². The van der Waals surface area contributed by atoms with E-state index in [2.05, 4.69) is 0 Å². The zero-order valence-electron chi connectivity index (χ0n) is 14.4. The molecule has 0 amide bonds. The van der Waals surface area contributed by atoms with Gasteiger partial charge in [-0.1, -0.05) is 0 Å². The second kappa shape index (κ2) is 8.14. The number of aliphatic hydroxyl groups excluding tert-OH is 1. The normalized spacial score (nSPS) is 12.6. The van der Waals surface area contributed by atoms with Gasteiger partial charge in [-0.15, -0.1) is 0 Å². The minimum absolute atomic E-state index is 0.0395. The molecule has 0 aliphatic rings. The summed E-state index contributed by atoms with van der Waals surface area (Å²) >= 11 is 0. The fraction of sp³-hybridized carbons (Fsp3) is 0.294. The van der Waals surface area contributed by atoms with Gasteiger partial charge in [0.2, 0.25) is 10.0 Å². The SMILES string of the molecule is CN(C)S(=O)(=O)c1ccc(=O)n(C[C@@H](O)COc2ccc(C#N)cc2)c1. The second-order valence-electron chi connectivity index (χ2n) is 5.74. The van der Waals surface area contributed by atoms with Crippen LogP contribution >= 0.6 is 0 Å². The molecule has 8 nitrogen and oxygen atoms in total. The average Bonchev–Trinajstić information content (AvgIpc) is 2.62. The van der Waals surface area contributed by atoms with E-state index >= 15 is 0 Å². The summed E-state index contributed by atoms with van der Waals surface area (Å²) in [6.07, 6.45) is 0.170. The summed E-state index contributed by atoms with van der Waals surface area (Å²) in [5.41, 5.74) is 0.0588. The smallest absolute Gasteiger partial charge is 0.250 e. The number of benzene rings is 1. The molecule has 0 unspecified atom stereocenters. The lowest BCUT2D eigenvalue weighted by atomic mass is 10.2. The van der Waals surface area contributed by atoms with Crippen molar-refractivity contribution < 1.29 is 18.3 Å². The maximum absolute atomic E-state index is 12.1. The van der Waals surface area contributed by atoms with E-state index in [0.717, 1.165) is 14.9 Å². The topological polar surface area (TPSA) is 113 Å². The number of nitrogens with zero attached hydrogens (tertiary/aromatic N) is 3. The lowest BCUT2D eigenvalue weighted by molar-refractivity contribution is 0.0914. The fourth-order valence-electron chi connectivity index (χ4n) is 2.11. The molecule has 0 aliphatic heterocycles. The Morgan fingerprint density at radius 3 is 2.46 bits per heavy atom. The molecule has 1 N–H and O–H groups in total. The summed E-state index contributed by atoms with van der Waals surface area (Å²) in [5, 5.41) is 18.8. The maximum atomic E-state index is 12.1. The van der Waals surface area contributed by atoms with Gasteiger partial charge in [-0.3, -0.25) is 4.79 Å². The standard InChI is InChI=1S/C17H19N3O5S/c1-19(2)26(23,24)16-7-8-17(22)20(11-16)10-14(21)12-25-15-5-3-13(9-18)4-6-15/h3-8,11,14,21H,10,12H2,1-2H3/t14-/m1/s1. The van der Waals surface area contributed by atoms with Crippen LogP contribution in [0.2, 0.25) is 0 Å². The Hall–Kier alpha value is -2.67. The molecule has 26 heavy (non-hydrogen) atoms. The van der Waals surface area contributed by atoms with E-state index < -0.39 is 21.7 Å². The van der Waals surface area contributed by atoms with Crippen molar-refractivity contribution in [3.63, 3.8) is 0 Å². The van der Waals surface area contributed by atoms with Crippen LogP contribution in [0.5, 0.6) is 5.75 Å². The number of ether oxygens (including phenoxy) is 1. The molecule has 1 heterocycles. The number of aliphatic hydroxyl groups is 1. The molecule has 0 fully saturated rings. The van der Waals surface area contributed by atoms with Crippen molar-refractivity contribution in [2.45, 2.75) is 17.5 Å². The highest BCUT2D eigenvalue weighted by molar-refractivity contribution is 7.89. The van der Waals surface area contributed by atoms with E-state index in [4.69, 9.17) is 10.00 Å². The van der Waals surface area contributed by atoms with Gasteiger partial charge < -0.3 is 14.4 Å². The van der Waals surface area contributed by atoms with E-state index in [9.17, 15) is 18.3 Å². The van der Waals surface area contributed by atoms with Crippen molar-refractivity contribution in [2.75, 3.05) is 20.7 Å². The Bertz CT molecular complexity index is 959. The van der Waals surface area contributed by atoms with Crippen LogP contribution in [0, 0.1) is 11.3 Å². The summed E-state index contributed by atoms with van der Waals surface area (Å²) in [4.78, 5) is 11.9. The van der Waals surface area contributed by atoms with E-state index in [1.165, 1.54) is 26.4 Å². The molecule has 0 aliphatic carbocycles. The number of hydrogen-bond donors (Lipinski definition) is 1. The predicted octanol–water partition coefficient (Wildman–Crippen LogP) is 0.410. The molecule has 1 atom stereocenters. The molecule has 0 saturated heterocycles. The van der Waals surface area contributed by atoms with Crippen LogP contribution in [-0.4, -0.2) is 49.2 Å². The first-order chi connectivity index (χ1) is 12.2. The zero-order valence-corrected chi connectivity index (χ0v) is 15.2. The van der Waals surface area contributed by atoms with Crippen LogP contribution in [0.1, 0.15) is 5.56 Å². The first-order valence-corrected chi connectivity index (χ1v) is 9.12. The van der Waals surface area contributed by atoms with Gasteiger partial charge in [0.1, 0.15) is 18.5 Å². The summed E-state index contributed by atoms with van der Waals surface area (Å²) in [5.74, 6) is 0.472.